The lowest BCUT2D eigenvalue weighted by atomic mass is 9.89. The number of Topliss-reactive ketones (excluding diaryl/α,β-unsaturated/α-hetero) is 1. The maximum absolute atomic E-state index is 11.8. The second kappa shape index (κ2) is 4.76. The van der Waals surface area contributed by atoms with Crippen LogP contribution < -0.4 is 0 Å². The zero-order valence-corrected chi connectivity index (χ0v) is 9.55. The number of ketones is 1. The van der Waals surface area contributed by atoms with Gasteiger partial charge in [-0.2, -0.15) is 0 Å². The number of hydrogen-bond donors (Lipinski definition) is 0. The second-order valence-corrected chi connectivity index (χ2v) is 4.09. The first-order valence-electron chi connectivity index (χ1n) is 5.48. The summed E-state index contributed by atoms with van der Waals surface area (Å²) in [7, 11) is 1.57. The summed E-state index contributed by atoms with van der Waals surface area (Å²) < 4.78 is 10.9. The molecule has 1 heterocycles. The number of ether oxygens (including phenoxy) is 2. The molecule has 0 spiro atoms. The molecule has 2 rings (SSSR count). The van der Waals surface area contributed by atoms with Crippen molar-refractivity contribution in [2.45, 2.75) is 25.7 Å². The molecule has 1 fully saturated rings. The number of rotatable bonds is 2. The molecular formula is C13H16O3. The maximum Gasteiger partial charge on any atom is 0.164 e. The molecule has 0 unspecified atom stereocenters. The van der Waals surface area contributed by atoms with Gasteiger partial charge in [0.2, 0.25) is 0 Å². The van der Waals surface area contributed by atoms with Crippen molar-refractivity contribution < 1.29 is 14.3 Å². The van der Waals surface area contributed by atoms with Gasteiger partial charge in [0.15, 0.2) is 6.29 Å². The molecule has 3 heteroatoms. The fourth-order valence-corrected chi connectivity index (χ4v) is 2.00. The van der Waals surface area contributed by atoms with Crippen molar-refractivity contribution >= 4 is 5.78 Å². The van der Waals surface area contributed by atoms with Gasteiger partial charge < -0.3 is 9.47 Å². The summed E-state index contributed by atoms with van der Waals surface area (Å²) in [4.78, 5) is 11.8. The monoisotopic (exact) mass is 220 g/mol. The highest BCUT2D eigenvalue weighted by atomic mass is 16.7. The molecule has 1 saturated heterocycles. The van der Waals surface area contributed by atoms with E-state index in [-0.39, 0.29) is 17.8 Å². The number of carbonyl (C=O) groups excluding carboxylic acids is 1. The molecule has 3 nitrogen and oxygen atoms in total. The van der Waals surface area contributed by atoms with E-state index in [1.807, 2.05) is 37.3 Å². The molecule has 3 atom stereocenters. The van der Waals surface area contributed by atoms with Crippen LogP contribution in [0.25, 0.3) is 0 Å². The Kier molecular flexibility index (Phi) is 3.36. The van der Waals surface area contributed by atoms with Gasteiger partial charge in [-0.25, -0.2) is 0 Å². The van der Waals surface area contributed by atoms with Crippen LogP contribution >= 0.6 is 0 Å². The van der Waals surface area contributed by atoms with Crippen LogP contribution in [0.4, 0.5) is 0 Å². The van der Waals surface area contributed by atoms with Crippen molar-refractivity contribution in [3.63, 3.8) is 0 Å². The zero-order valence-electron chi connectivity index (χ0n) is 9.55. The summed E-state index contributed by atoms with van der Waals surface area (Å²) in [6.45, 7) is 1.91. The lowest BCUT2D eigenvalue weighted by Gasteiger charge is -2.33. The van der Waals surface area contributed by atoms with Crippen LogP contribution in [0.15, 0.2) is 30.3 Å². The average molecular weight is 220 g/mol. The summed E-state index contributed by atoms with van der Waals surface area (Å²) in [6.07, 6.45) is -0.248. The Balaban J connectivity index is 2.22. The SMILES string of the molecule is CO[C@H]1CC(=O)[C@H](C)[C@H](c2ccccc2)O1. The number of benzene rings is 1. The number of carbonyl (C=O) groups is 1. The summed E-state index contributed by atoms with van der Waals surface area (Å²) in [6, 6.07) is 9.81. The Labute approximate surface area is 95.4 Å². The highest BCUT2D eigenvalue weighted by molar-refractivity contribution is 5.82. The van der Waals surface area contributed by atoms with Crippen LogP contribution in [0.5, 0.6) is 0 Å². The minimum Gasteiger partial charge on any atom is -0.355 e. The molecule has 1 aromatic carbocycles. The Morgan fingerprint density at radius 3 is 2.62 bits per heavy atom. The van der Waals surface area contributed by atoms with Gasteiger partial charge in [0.25, 0.3) is 0 Å². The van der Waals surface area contributed by atoms with Crippen molar-refractivity contribution in [1.82, 2.24) is 0 Å². The number of methoxy groups -OCH3 is 1. The molecule has 0 radical (unpaired) electrons. The molecule has 1 aliphatic heterocycles. The minimum absolute atomic E-state index is 0.103. The summed E-state index contributed by atoms with van der Waals surface area (Å²) >= 11 is 0. The van der Waals surface area contributed by atoms with E-state index in [9.17, 15) is 4.79 Å². The quantitative estimate of drug-likeness (QED) is 0.767. The molecule has 0 saturated carbocycles. The van der Waals surface area contributed by atoms with Crippen molar-refractivity contribution in [2.24, 2.45) is 5.92 Å². The second-order valence-electron chi connectivity index (χ2n) is 4.09. The lowest BCUT2D eigenvalue weighted by Crippen LogP contribution is -2.36. The average Bonchev–Trinajstić information content (AvgIpc) is 2.33. The molecule has 1 aliphatic rings. The third-order valence-corrected chi connectivity index (χ3v) is 3.02. The fourth-order valence-electron chi connectivity index (χ4n) is 2.00. The largest absolute Gasteiger partial charge is 0.355 e. The first-order chi connectivity index (χ1) is 7.72. The molecule has 1 aromatic rings. The predicted octanol–water partition coefficient (Wildman–Crippen LogP) is 2.33. The van der Waals surface area contributed by atoms with Crippen molar-refractivity contribution in [3.8, 4) is 0 Å². The van der Waals surface area contributed by atoms with Gasteiger partial charge in [0.1, 0.15) is 5.78 Å². The molecule has 0 aliphatic carbocycles. The van der Waals surface area contributed by atoms with E-state index in [4.69, 9.17) is 9.47 Å². The Hall–Kier alpha value is -1.19. The first kappa shape index (κ1) is 11.3. The maximum atomic E-state index is 11.8. The molecule has 0 amide bonds. The first-order valence-corrected chi connectivity index (χ1v) is 5.48. The molecule has 0 bridgehead atoms. The van der Waals surface area contributed by atoms with Gasteiger partial charge >= 0.3 is 0 Å². The summed E-state index contributed by atoms with van der Waals surface area (Å²) in [5.74, 6) is 0.0979. The Morgan fingerprint density at radius 1 is 1.31 bits per heavy atom. The van der Waals surface area contributed by atoms with E-state index in [2.05, 4.69) is 0 Å². The van der Waals surface area contributed by atoms with Gasteiger partial charge in [0.05, 0.1) is 12.5 Å². The summed E-state index contributed by atoms with van der Waals surface area (Å²) in [5, 5.41) is 0. The molecule has 0 N–H and O–H groups in total. The highest BCUT2D eigenvalue weighted by Crippen LogP contribution is 2.33. The Morgan fingerprint density at radius 2 is 2.00 bits per heavy atom. The van der Waals surface area contributed by atoms with Crippen molar-refractivity contribution in [3.05, 3.63) is 35.9 Å². The topological polar surface area (TPSA) is 35.5 Å². The minimum atomic E-state index is -0.408. The predicted molar refractivity (Wildman–Crippen MR) is 59.9 cm³/mol. The van der Waals surface area contributed by atoms with Crippen molar-refractivity contribution in [2.75, 3.05) is 7.11 Å². The van der Waals surface area contributed by atoms with Gasteiger partial charge in [-0.15, -0.1) is 0 Å². The third-order valence-electron chi connectivity index (χ3n) is 3.02. The fraction of sp³-hybridized carbons (Fsp3) is 0.462. The molecule has 0 aromatic heterocycles. The third kappa shape index (κ3) is 2.15. The van der Waals surface area contributed by atoms with Crippen LogP contribution in [0.1, 0.15) is 25.0 Å². The van der Waals surface area contributed by atoms with E-state index < -0.39 is 6.29 Å². The van der Waals surface area contributed by atoms with Gasteiger partial charge in [-0.1, -0.05) is 37.3 Å². The zero-order chi connectivity index (χ0) is 11.5. The number of hydrogen-bond acceptors (Lipinski definition) is 3. The van der Waals surface area contributed by atoms with E-state index in [0.717, 1.165) is 5.56 Å². The van der Waals surface area contributed by atoms with Crippen LogP contribution in [0.2, 0.25) is 0 Å². The normalized spacial score (nSPS) is 30.4. The van der Waals surface area contributed by atoms with Crippen LogP contribution in [0.3, 0.4) is 0 Å². The highest BCUT2D eigenvalue weighted by Gasteiger charge is 2.35. The smallest absolute Gasteiger partial charge is 0.164 e. The van der Waals surface area contributed by atoms with E-state index in [0.29, 0.717) is 6.42 Å². The Bertz CT molecular complexity index is 361. The van der Waals surface area contributed by atoms with Crippen molar-refractivity contribution in [1.29, 1.82) is 0 Å². The van der Waals surface area contributed by atoms with E-state index in [1.165, 1.54) is 0 Å². The lowest BCUT2D eigenvalue weighted by molar-refractivity contribution is -0.198. The van der Waals surface area contributed by atoms with Crippen LogP contribution in [-0.2, 0) is 14.3 Å². The van der Waals surface area contributed by atoms with Crippen LogP contribution in [0, 0.1) is 5.92 Å². The summed E-state index contributed by atoms with van der Waals surface area (Å²) in [5.41, 5.74) is 1.03. The standard InChI is InChI=1S/C13H16O3/c1-9-11(14)8-12(15-2)16-13(9)10-6-4-3-5-7-10/h3-7,9,12-13H,8H2,1-2H3/t9-,12+,13+/m0/s1. The van der Waals surface area contributed by atoms with E-state index in [1.54, 1.807) is 7.11 Å². The van der Waals surface area contributed by atoms with Gasteiger partial charge in [0, 0.05) is 13.0 Å². The molecular weight excluding hydrogens is 204 g/mol. The van der Waals surface area contributed by atoms with Gasteiger partial charge in [-0.3, -0.25) is 4.79 Å². The molecule has 16 heavy (non-hydrogen) atoms. The van der Waals surface area contributed by atoms with Crippen LogP contribution in [-0.4, -0.2) is 19.2 Å². The molecule has 86 valence electrons. The van der Waals surface area contributed by atoms with E-state index >= 15 is 0 Å². The van der Waals surface area contributed by atoms with Gasteiger partial charge in [-0.05, 0) is 5.56 Å².